The van der Waals surface area contributed by atoms with E-state index < -0.39 is 0 Å². The van der Waals surface area contributed by atoms with E-state index in [9.17, 15) is 4.79 Å². The van der Waals surface area contributed by atoms with Gasteiger partial charge in [0.05, 0.1) is 6.10 Å². The first-order chi connectivity index (χ1) is 16.1. The minimum atomic E-state index is -0.0435. The summed E-state index contributed by atoms with van der Waals surface area (Å²) in [6.07, 6.45) is 9.58. The van der Waals surface area contributed by atoms with Gasteiger partial charge < -0.3 is 15.0 Å². The Kier molecular flexibility index (Phi) is 8.62. The quantitative estimate of drug-likeness (QED) is 0.412. The van der Waals surface area contributed by atoms with Crippen LogP contribution in [0.25, 0.3) is 0 Å². The zero-order valence-corrected chi connectivity index (χ0v) is 20.7. The number of nitrogens with zero attached hydrogens (tertiary/aromatic N) is 3. The Labute approximate surface area is 201 Å². The largest absolute Gasteiger partial charge is 0.376 e. The van der Waals surface area contributed by atoms with Gasteiger partial charge in [0.25, 0.3) is 5.91 Å². The van der Waals surface area contributed by atoms with Gasteiger partial charge in [-0.1, -0.05) is 50.1 Å². The summed E-state index contributed by atoms with van der Waals surface area (Å²) in [5, 5.41) is 3.81. The Hall–Kier alpha value is -2.12. The average Bonchev–Trinajstić information content (AvgIpc) is 3.40. The molecule has 1 amide bonds. The maximum atomic E-state index is 12.6. The van der Waals surface area contributed by atoms with Crippen LogP contribution < -0.4 is 10.2 Å². The van der Waals surface area contributed by atoms with E-state index in [0.717, 1.165) is 53.9 Å². The minimum absolute atomic E-state index is 0.0435. The summed E-state index contributed by atoms with van der Waals surface area (Å²) in [5.41, 5.74) is 2.86. The second kappa shape index (κ2) is 11.8. The lowest BCUT2D eigenvalue weighted by Crippen LogP contribution is -2.34. The maximum Gasteiger partial charge on any atom is 0.251 e. The third-order valence-corrected chi connectivity index (χ3v) is 7.58. The van der Waals surface area contributed by atoms with Gasteiger partial charge in [-0.05, 0) is 49.8 Å². The van der Waals surface area contributed by atoms with Crippen LogP contribution in [-0.2, 0) is 16.9 Å². The fourth-order valence-electron chi connectivity index (χ4n) is 4.61. The average molecular weight is 469 g/mol. The zero-order valence-electron chi connectivity index (χ0n) is 19.9. The van der Waals surface area contributed by atoms with Crippen molar-refractivity contribution < 1.29 is 9.53 Å². The second-order valence-corrected chi connectivity index (χ2v) is 10.0. The molecule has 7 heteroatoms. The fourth-order valence-corrected chi connectivity index (χ4v) is 5.42. The molecule has 2 fully saturated rings. The van der Waals surface area contributed by atoms with Gasteiger partial charge in [-0.25, -0.2) is 9.97 Å². The molecule has 1 atom stereocenters. The van der Waals surface area contributed by atoms with Crippen molar-refractivity contribution in [2.75, 3.05) is 25.1 Å². The van der Waals surface area contributed by atoms with E-state index in [1.165, 1.54) is 32.1 Å². The second-order valence-electron chi connectivity index (χ2n) is 9.09. The van der Waals surface area contributed by atoms with E-state index in [4.69, 9.17) is 14.7 Å². The zero-order chi connectivity index (χ0) is 23.0. The predicted octanol–water partition coefficient (Wildman–Crippen LogP) is 5.01. The fraction of sp³-hybridized carbons (Fsp3) is 0.577. The number of carbonyl (C=O) groups excluding carboxylic acids is 1. The smallest absolute Gasteiger partial charge is 0.251 e. The first-order valence-corrected chi connectivity index (χ1v) is 13.3. The van der Waals surface area contributed by atoms with Crippen LogP contribution in [0.3, 0.4) is 0 Å². The highest BCUT2D eigenvalue weighted by atomic mass is 32.2. The monoisotopic (exact) mass is 468 g/mol. The molecule has 178 valence electrons. The van der Waals surface area contributed by atoms with Crippen LogP contribution in [0.2, 0.25) is 0 Å². The number of anilines is 1. The molecule has 6 nitrogen and oxygen atoms in total. The Morgan fingerprint density at radius 2 is 2.00 bits per heavy atom. The van der Waals surface area contributed by atoms with Crippen molar-refractivity contribution in [1.29, 1.82) is 0 Å². The van der Waals surface area contributed by atoms with Crippen molar-refractivity contribution in [3.63, 3.8) is 0 Å². The van der Waals surface area contributed by atoms with Crippen molar-refractivity contribution in [3.8, 4) is 0 Å². The van der Waals surface area contributed by atoms with Crippen LogP contribution in [0.1, 0.15) is 73.5 Å². The highest BCUT2D eigenvalue weighted by Crippen LogP contribution is 2.28. The molecular formula is C26H36N4O2S. The summed E-state index contributed by atoms with van der Waals surface area (Å²) in [4.78, 5) is 24.6. The molecular weight excluding hydrogens is 432 g/mol. The van der Waals surface area contributed by atoms with Crippen LogP contribution >= 0.6 is 11.8 Å². The number of amides is 1. The predicted molar refractivity (Wildman–Crippen MR) is 134 cm³/mol. The van der Waals surface area contributed by atoms with Gasteiger partial charge in [0.15, 0.2) is 5.16 Å². The Bertz CT molecular complexity index is 926. The summed E-state index contributed by atoms with van der Waals surface area (Å²) in [6.45, 7) is 3.51. The molecule has 2 aliphatic rings. The number of thioether (sulfide) groups is 1. The molecule has 1 aromatic carbocycles. The molecule has 1 saturated carbocycles. The van der Waals surface area contributed by atoms with Crippen LogP contribution in [0, 0.1) is 0 Å². The molecule has 1 N–H and O–H groups in total. The topological polar surface area (TPSA) is 67.4 Å². The summed E-state index contributed by atoms with van der Waals surface area (Å²) >= 11 is 1.63. The molecule has 0 bridgehead atoms. The number of nitrogens with one attached hydrogen (secondary N) is 1. The number of hydrogen-bond acceptors (Lipinski definition) is 6. The molecule has 2 aromatic rings. The molecule has 1 aliphatic carbocycles. The minimum Gasteiger partial charge on any atom is -0.376 e. The van der Waals surface area contributed by atoms with Crippen molar-refractivity contribution >= 4 is 23.5 Å². The molecule has 0 spiro atoms. The van der Waals surface area contributed by atoms with Crippen LogP contribution in [0.4, 0.5) is 5.82 Å². The van der Waals surface area contributed by atoms with Crippen LogP contribution in [-0.4, -0.2) is 48.2 Å². The molecule has 1 unspecified atom stereocenters. The Balaban J connectivity index is 1.38. The Morgan fingerprint density at radius 3 is 2.76 bits per heavy atom. The van der Waals surface area contributed by atoms with Gasteiger partial charge in [-0.15, -0.1) is 0 Å². The molecule has 4 rings (SSSR count). The number of carbonyl (C=O) groups is 1. The number of hydrogen-bond donors (Lipinski definition) is 1. The Morgan fingerprint density at radius 1 is 1.15 bits per heavy atom. The normalized spacial score (nSPS) is 18.9. The lowest BCUT2D eigenvalue weighted by atomic mass is 9.94. The molecule has 1 aliphatic heterocycles. The van der Waals surface area contributed by atoms with Gasteiger partial charge in [-0.2, -0.15) is 0 Å². The van der Waals surface area contributed by atoms with Crippen LogP contribution in [0.5, 0.6) is 0 Å². The van der Waals surface area contributed by atoms with Gasteiger partial charge in [-0.3, -0.25) is 4.79 Å². The summed E-state index contributed by atoms with van der Waals surface area (Å²) in [7, 11) is 2.17. The standard InChI is InChI=1S/C26H36N4O2S/c1-3-21-16-24(30(2)22-11-5-4-6-12-22)29-26(28-21)33-18-19-9-7-10-20(15-19)25(31)27-17-23-13-8-14-32-23/h7,9-10,15-16,22-23H,3-6,8,11-14,17-18H2,1-2H3,(H,27,31). The first-order valence-electron chi connectivity index (χ1n) is 12.3. The summed E-state index contributed by atoms with van der Waals surface area (Å²) in [5.74, 6) is 1.71. The SMILES string of the molecule is CCc1cc(N(C)C2CCCCC2)nc(SCc2cccc(C(=O)NCC3CCCO3)c2)n1. The van der Waals surface area contributed by atoms with Crippen molar-refractivity contribution in [2.45, 2.75) is 81.3 Å². The third kappa shape index (κ3) is 6.70. The number of rotatable bonds is 9. The third-order valence-electron chi connectivity index (χ3n) is 6.66. The van der Waals surface area contributed by atoms with Gasteiger partial charge in [0.2, 0.25) is 0 Å². The summed E-state index contributed by atoms with van der Waals surface area (Å²) < 4.78 is 5.60. The molecule has 1 aromatic heterocycles. The highest BCUT2D eigenvalue weighted by Gasteiger charge is 2.20. The van der Waals surface area contributed by atoms with E-state index >= 15 is 0 Å². The number of benzene rings is 1. The van der Waals surface area contributed by atoms with Gasteiger partial charge >= 0.3 is 0 Å². The lowest BCUT2D eigenvalue weighted by Gasteiger charge is -2.32. The number of aromatic nitrogens is 2. The molecule has 33 heavy (non-hydrogen) atoms. The molecule has 2 heterocycles. The van der Waals surface area contributed by atoms with Crippen molar-refractivity contribution in [3.05, 3.63) is 47.2 Å². The van der Waals surface area contributed by atoms with E-state index in [1.807, 2.05) is 18.2 Å². The van der Waals surface area contributed by atoms with E-state index in [2.05, 4.69) is 36.3 Å². The van der Waals surface area contributed by atoms with Crippen molar-refractivity contribution in [1.82, 2.24) is 15.3 Å². The molecule has 0 radical (unpaired) electrons. The van der Waals surface area contributed by atoms with E-state index in [1.54, 1.807) is 11.8 Å². The first kappa shape index (κ1) is 24.0. The lowest BCUT2D eigenvalue weighted by molar-refractivity contribution is 0.0857. The maximum absolute atomic E-state index is 12.6. The summed E-state index contributed by atoms with van der Waals surface area (Å²) in [6, 6.07) is 10.5. The number of aryl methyl sites for hydroxylation is 1. The van der Waals surface area contributed by atoms with E-state index in [0.29, 0.717) is 18.2 Å². The highest BCUT2D eigenvalue weighted by molar-refractivity contribution is 7.98. The van der Waals surface area contributed by atoms with Gasteiger partial charge in [0, 0.05) is 49.3 Å². The number of ether oxygens (including phenoxy) is 1. The van der Waals surface area contributed by atoms with Crippen LogP contribution in [0.15, 0.2) is 35.5 Å². The van der Waals surface area contributed by atoms with Crippen molar-refractivity contribution in [2.24, 2.45) is 0 Å². The van der Waals surface area contributed by atoms with E-state index in [-0.39, 0.29) is 12.0 Å². The molecule has 1 saturated heterocycles. The van der Waals surface area contributed by atoms with Gasteiger partial charge in [0.1, 0.15) is 5.82 Å².